The Bertz CT molecular complexity index is 223. The lowest BCUT2D eigenvalue weighted by molar-refractivity contribution is -0.0670. The molecule has 0 saturated heterocycles. The van der Waals surface area contributed by atoms with Gasteiger partial charge in [0.25, 0.3) is 0 Å². The molecule has 0 radical (unpaired) electrons. The zero-order valence-corrected chi connectivity index (χ0v) is 15.0. The molecule has 0 atom stereocenters. The van der Waals surface area contributed by atoms with Crippen LogP contribution in [-0.4, -0.2) is 21.4 Å². The van der Waals surface area contributed by atoms with E-state index in [1.165, 1.54) is 0 Å². The summed E-state index contributed by atoms with van der Waals surface area (Å²) in [6.07, 6.45) is 3.62. The highest BCUT2D eigenvalue weighted by Crippen LogP contribution is 2.35. The van der Waals surface area contributed by atoms with Gasteiger partial charge in [0.05, 0.1) is 11.2 Å². The van der Waals surface area contributed by atoms with Crippen molar-refractivity contribution >= 4 is 0 Å². The molecule has 0 aliphatic heterocycles. The molecule has 0 aliphatic carbocycles. The van der Waals surface area contributed by atoms with Gasteiger partial charge in [0.1, 0.15) is 0 Å². The fraction of sp³-hybridized carbons (Fsp3) is 1.00. The molecule has 0 bridgehead atoms. The summed E-state index contributed by atoms with van der Waals surface area (Å²) in [5.74, 6) is 1.10. The summed E-state index contributed by atoms with van der Waals surface area (Å²) in [4.78, 5) is 0. The number of aliphatic hydroxyl groups is 2. The van der Waals surface area contributed by atoms with Gasteiger partial charge in [-0.15, -0.1) is 0 Å². The van der Waals surface area contributed by atoms with E-state index in [1.54, 1.807) is 0 Å². The third kappa shape index (κ3) is 4.73. The standard InChI is InChI=1S/C18H38O2/c1-13(2)17(19,14(3)4)11-9-10-12-18(20,15(5)6)16(7)8/h13-16,19-20H,9-12H2,1-8H3. The van der Waals surface area contributed by atoms with E-state index in [9.17, 15) is 10.2 Å². The van der Waals surface area contributed by atoms with E-state index in [4.69, 9.17) is 0 Å². The molecule has 0 aromatic rings. The molecule has 0 aliphatic rings. The monoisotopic (exact) mass is 286 g/mol. The van der Waals surface area contributed by atoms with Gasteiger partial charge in [0.15, 0.2) is 0 Å². The van der Waals surface area contributed by atoms with Gasteiger partial charge in [0, 0.05) is 0 Å². The minimum atomic E-state index is -0.576. The maximum atomic E-state index is 10.8. The molecule has 0 saturated carbocycles. The fourth-order valence-corrected chi connectivity index (χ4v) is 3.30. The molecule has 20 heavy (non-hydrogen) atoms. The van der Waals surface area contributed by atoms with E-state index in [0.717, 1.165) is 25.7 Å². The second-order valence-corrected chi connectivity index (χ2v) is 7.81. The summed E-state index contributed by atoms with van der Waals surface area (Å²) in [6, 6.07) is 0. The molecule has 122 valence electrons. The third-order valence-electron chi connectivity index (χ3n) is 5.40. The molecule has 0 aromatic carbocycles. The quantitative estimate of drug-likeness (QED) is 0.607. The Balaban J connectivity index is 4.44. The van der Waals surface area contributed by atoms with Crippen molar-refractivity contribution in [2.75, 3.05) is 0 Å². The minimum absolute atomic E-state index is 0.275. The molecule has 0 fully saturated rings. The summed E-state index contributed by atoms with van der Waals surface area (Å²) in [6.45, 7) is 16.8. The Morgan fingerprint density at radius 1 is 0.550 bits per heavy atom. The number of hydrogen-bond acceptors (Lipinski definition) is 2. The van der Waals surface area contributed by atoms with Gasteiger partial charge in [-0.2, -0.15) is 0 Å². The van der Waals surface area contributed by atoms with Crippen LogP contribution in [0.15, 0.2) is 0 Å². The first-order chi connectivity index (χ1) is 8.98. The van der Waals surface area contributed by atoms with Crippen molar-refractivity contribution < 1.29 is 10.2 Å². The fourth-order valence-electron chi connectivity index (χ4n) is 3.30. The molecular weight excluding hydrogens is 248 g/mol. The van der Waals surface area contributed by atoms with Crippen LogP contribution in [0, 0.1) is 23.7 Å². The summed E-state index contributed by atoms with van der Waals surface area (Å²) in [5, 5.41) is 21.5. The number of rotatable bonds is 9. The Morgan fingerprint density at radius 2 is 0.750 bits per heavy atom. The Labute approximate surface area is 127 Å². The van der Waals surface area contributed by atoms with Crippen LogP contribution in [0.4, 0.5) is 0 Å². The van der Waals surface area contributed by atoms with E-state index in [0.29, 0.717) is 0 Å². The van der Waals surface area contributed by atoms with E-state index in [1.807, 2.05) is 0 Å². The van der Waals surface area contributed by atoms with Crippen molar-refractivity contribution in [1.29, 1.82) is 0 Å². The lowest BCUT2D eigenvalue weighted by Crippen LogP contribution is -2.42. The highest BCUT2D eigenvalue weighted by molar-refractivity contribution is 4.87. The first-order valence-electron chi connectivity index (χ1n) is 8.43. The van der Waals surface area contributed by atoms with Gasteiger partial charge in [-0.1, -0.05) is 68.2 Å². The summed E-state index contributed by atoms with van der Waals surface area (Å²) < 4.78 is 0. The highest BCUT2D eigenvalue weighted by Gasteiger charge is 2.36. The van der Waals surface area contributed by atoms with Crippen LogP contribution in [0.1, 0.15) is 81.1 Å². The average molecular weight is 286 g/mol. The predicted molar refractivity (Wildman–Crippen MR) is 87.7 cm³/mol. The molecule has 2 N–H and O–H groups in total. The molecule has 0 amide bonds. The second kappa shape index (κ2) is 7.79. The molecule has 0 rings (SSSR count). The smallest absolute Gasteiger partial charge is 0.0693 e. The van der Waals surface area contributed by atoms with Crippen molar-refractivity contribution in [3.05, 3.63) is 0 Å². The molecule has 0 unspecified atom stereocenters. The van der Waals surface area contributed by atoms with Crippen molar-refractivity contribution in [1.82, 2.24) is 0 Å². The summed E-state index contributed by atoms with van der Waals surface area (Å²) in [7, 11) is 0. The van der Waals surface area contributed by atoms with E-state index >= 15 is 0 Å². The first kappa shape index (κ1) is 19.9. The van der Waals surface area contributed by atoms with Gasteiger partial charge in [-0.3, -0.25) is 0 Å². The maximum Gasteiger partial charge on any atom is 0.0693 e. The number of unbranched alkanes of at least 4 members (excludes halogenated alkanes) is 1. The molecule has 0 spiro atoms. The van der Waals surface area contributed by atoms with Crippen molar-refractivity contribution in [3.63, 3.8) is 0 Å². The van der Waals surface area contributed by atoms with Crippen molar-refractivity contribution in [3.8, 4) is 0 Å². The van der Waals surface area contributed by atoms with Gasteiger partial charge in [-0.05, 0) is 36.5 Å². The Hall–Kier alpha value is -0.0800. The van der Waals surface area contributed by atoms with Crippen LogP contribution in [0.2, 0.25) is 0 Å². The highest BCUT2D eigenvalue weighted by atomic mass is 16.3. The number of hydrogen-bond donors (Lipinski definition) is 2. The van der Waals surface area contributed by atoms with E-state index < -0.39 is 11.2 Å². The van der Waals surface area contributed by atoms with Crippen LogP contribution in [0.3, 0.4) is 0 Å². The minimum Gasteiger partial charge on any atom is -0.389 e. The SMILES string of the molecule is CC(C)C(O)(CCCCC(O)(C(C)C)C(C)C)C(C)C. The second-order valence-electron chi connectivity index (χ2n) is 7.81. The maximum absolute atomic E-state index is 10.8. The lowest BCUT2D eigenvalue weighted by atomic mass is 9.74. The van der Waals surface area contributed by atoms with Crippen LogP contribution >= 0.6 is 0 Å². The summed E-state index contributed by atoms with van der Waals surface area (Å²) in [5.41, 5.74) is -1.15. The molecule has 0 aromatic heterocycles. The van der Waals surface area contributed by atoms with Gasteiger partial charge in [0.2, 0.25) is 0 Å². The van der Waals surface area contributed by atoms with Gasteiger partial charge >= 0.3 is 0 Å². The van der Waals surface area contributed by atoms with Gasteiger partial charge < -0.3 is 10.2 Å². The van der Waals surface area contributed by atoms with Crippen molar-refractivity contribution in [2.45, 2.75) is 92.3 Å². The zero-order valence-electron chi connectivity index (χ0n) is 15.0. The Morgan fingerprint density at radius 3 is 0.900 bits per heavy atom. The molecule has 2 heteroatoms. The predicted octanol–water partition coefficient (Wildman–Crippen LogP) is 4.63. The molecule has 0 heterocycles. The molecular formula is C18H38O2. The van der Waals surface area contributed by atoms with Crippen LogP contribution < -0.4 is 0 Å². The van der Waals surface area contributed by atoms with Crippen molar-refractivity contribution in [2.24, 2.45) is 23.7 Å². The molecule has 2 nitrogen and oxygen atoms in total. The normalized spacial score (nSPS) is 14.1. The van der Waals surface area contributed by atoms with Crippen LogP contribution in [0.25, 0.3) is 0 Å². The Kier molecular flexibility index (Phi) is 7.76. The summed E-state index contributed by atoms with van der Waals surface area (Å²) >= 11 is 0. The van der Waals surface area contributed by atoms with Gasteiger partial charge in [-0.25, -0.2) is 0 Å². The topological polar surface area (TPSA) is 40.5 Å². The van der Waals surface area contributed by atoms with Crippen LogP contribution in [0.5, 0.6) is 0 Å². The third-order valence-corrected chi connectivity index (χ3v) is 5.40. The largest absolute Gasteiger partial charge is 0.389 e. The van der Waals surface area contributed by atoms with Crippen LogP contribution in [-0.2, 0) is 0 Å². The van der Waals surface area contributed by atoms with E-state index in [2.05, 4.69) is 55.4 Å². The van der Waals surface area contributed by atoms with E-state index in [-0.39, 0.29) is 23.7 Å². The average Bonchev–Trinajstić information content (AvgIpc) is 2.32. The first-order valence-corrected chi connectivity index (χ1v) is 8.43. The zero-order chi connectivity index (χ0) is 16.1. The lowest BCUT2D eigenvalue weighted by Gasteiger charge is -2.38.